The van der Waals surface area contributed by atoms with Crippen LogP contribution in [0.1, 0.15) is 55.6 Å². The predicted octanol–water partition coefficient (Wildman–Crippen LogP) is 5.15. The topological polar surface area (TPSA) is 85.0 Å². The Morgan fingerprint density at radius 3 is 2.40 bits per heavy atom. The minimum absolute atomic E-state index is 0.0774. The number of rotatable bonds is 6. The van der Waals surface area contributed by atoms with Gasteiger partial charge in [-0.05, 0) is 61.6 Å². The summed E-state index contributed by atoms with van der Waals surface area (Å²) in [4.78, 5) is 45.4. The van der Waals surface area contributed by atoms with Crippen molar-refractivity contribution in [1.82, 2.24) is 20.0 Å². The molecule has 6 rings (SSSR count). The van der Waals surface area contributed by atoms with Gasteiger partial charge in [0.15, 0.2) is 0 Å². The summed E-state index contributed by atoms with van der Waals surface area (Å²) < 4.78 is 0. The highest BCUT2D eigenvalue weighted by Gasteiger charge is 2.37. The first-order valence-corrected chi connectivity index (χ1v) is 14.7. The molecule has 2 saturated heterocycles. The maximum Gasteiger partial charge on any atom is 0.322 e. The van der Waals surface area contributed by atoms with E-state index in [4.69, 9.17) is 0 Å². The van der Waals surface area contributed by atoms with Crippen LogP contribution in [0, 0.1) is 11.8 Å². The number of hydrogen-bond acceptors (Lipinski definition) is 3. The van der Waals surface area contributed by atoms with E-state index >= 15 is 0 Å². The van der Waals surface area contributed by atoms with Gasteiger partial charge in [-0.3, -0.25) is 4.79 Å². The fourth-order valence-electron chi connectivity index (χ4n) is 6.46. The van der Waals surface area contributed by atoms with Crippen LogP contribution in [0.15, 0.2) is 66.9 Å². The van der Waals surface area contributed by atoms with E-state index in [0.29, 0.717) is 50.5 Å². The molecule has 8 heteroatoms. The van der Waals surface area contributed by atoms with Crippen LogP contribution in [-0.4, -0.2) is 64.9 Å². The van der Waals surface area contributed by atoms with Crippen LogP contribution in [0.4, 0.5) is 15.3 Å². The van der Waals surface area contributed by atoms with Gasteiger partial charge in [0.2, 0.25) is 5.91 Å². The third-order valence-corrected chi connectivity index (χ3v) is 9.04. The summed E-state index contributed by atoms with van der Waals surface area (Å²) in [7, 11) is 0. The average Bonchev–Trinajstić information content (AvgIpc) is 3.81. The largest absolute Gasteiger partial charge is 0.341 e. The average molecular weight is 542 g/mol. The van der Waals surface area contributed by atoms with E-state index in [1.54, 1.807) is 4.90 Å². The van der Waals surface area contributed by atoms with Crippen LogP contribution < -0.4 is 10.6 Å². The molecule has 2 aromatic rings. The van der Waals surface area contributed by atoms with Crippen molar-refractivity contribution in [3.63, 3.8) is 0 Å². The monoisotopic (exact) mass is 541 g/mol. The summed E-state index contributed by atoms with van der Waals surface area (Å²) >= 11 is 0. The molecule has 0 unspecified atom stereocenters. The summed E-state index contributed by atoms with van der Waals surface area (Å²) in [5.41, 5.74) is 3.74. The number of benzene rings is 2. The number of nitrogens with one attached hydrogen (secondary N) is 2. The van der Waals surface area contributed by atoms with Crippen molar-refractivity contribution in [2.75, 3.05) is 31.5 Å². The molecular weight excluding hydrogens is 502 g/mol. The van der Waals surface area contributed by atoms with Gasteiger partial charge in [0.25, 0.3) is 0 Å². The maximum absolute atomic E-state index is 13.7. The lowest BCUT2D eigenvalue weighted by Gasteiger charge is -2.40. The van der Waals surface area contributed by atoms with E-state index in [0.717, 1.165) is 30.8 Å². The van der Waals surface area contributed by atoms with Crippen LogP contribution in [-0.2, 0) is 11.3 Å². The molecule has 0 aromatic heterocycles. The maximum atomic E-state index is 13.7. The van der Waals surface area contributed by atoms with Crippen LogP contribution in [0.25, 0.3) is 0 Å². The first kappa shape index (κ1) is 26.4. The molecular formula is C32H39N5O3. The molecule has 210 valence electrons. The summed E-state index contributed by atoms with van der Waals surface area (Å²) in [5, 5.41) is 5.98. The minimum Gasteiger partial charge on any atom is -0.341 e. The third-order valence-electron chi connectivity index (χ3n) is 9.04. The molecule has 0 spiro atoms. The number of para-hydroxylation sites is 1. The molecule has 5 amide bonds. The van der Waals surface area contributed by atoms with E-state index in [-0.39, 0.29) is 29.9 Å². The number of piperidine rings is 1. The molecule has 2 aromatic carbocycles. The van der Waals surface area contributed by atoms with E-state index in [9.17, 15) is 14.4 Å². The van der Waals surface area contributed by atoms with Crippen LogP contribution >= 0.6 is 0 Å². The number of carbonyl (C=O) groups is 3. The van der Waals surface area contributed by atoms with Crippen molar-refractivity contribution in [2.45, 2.75) is 57.0 Å². The van der Waals surface area contributed by atoms with Crippen molar-refractivity contribution in [3.8, 4) is 0 Å². The zero-order valence-corrected chi connectivity index (χ0v) is 23.1. The van der Waals surface area contributed by atoms with Gasteiger partial charge in [0.05, 0.1) is 5.92 Å². The first-order chi connectivity index (χ1) is 19.5. The Balaban J connectivity index is 1.05. The quantitative estimate of drug-likeness (QED) is 0.530. The van der Waals surface area contributed by atoms with Crippen molar-refractivity contribution < 1.29 is 14.4 Å². The normalized spacial score (nSPS) is 23.8. The highest BCUT2D eigenvalue weighted by molar-refractivity contribution is 5.92. The molecule has 4 aliphatic rings. The van der Waals surface area contributed by atoms with Crippen molar-refractivity contribution in [2.24, 2.45) is 11.8 Å². The van der Waals surface area contributed by atoms with Gasteiger partial charge in [-0.2, -0.15) is 0 Å². The lowest BCUT2D eigenvalue weighted by Crippen LogP contribution is -2.52. The molecule has 8 nitrogen and oxygen atoms in total. The Hall–Kier alpha value is -3.81. The minimum atomic E-state index is -0.411. The Morgan fingerprint density at radius 1 is 0.925 bits per heavy atom. The molecule has 0 radical (unpaired) electrons. The van der Waals surface area contributed by atoms with Crippen LogP contribution in [0.2, 0.25) is 0 Å². The zero-order valence-electron chi connectivity index (χ0n) is 23.1. The van der Waals surface area contributed by atoms with E-state index in [1.165, 1.54) is 18.4 Å². The highest BCUT2D eigenvalue weighted by atomic mass is 16.2. The summed E-state index contributed by atoms with van der Waals surface area (Å²) in [6, 6.07) is 18.1. The van der Waals surface area contributed by atoms with E-state index in [2.05, 4.69) is 41.5 Å². The van der Waals surface area contributed by atoms with Crippen LogP contribution in [0.5, 0.6) is 0 Å². The van der Waals surface area contributed by atoms with Gasteiger partial charge in [-0.25, -0.2) is 9.59 Å². The Morgan fingerprint density at radius 2 is 1.65 bits per heavy atom. The summed E-state index contributed by atoms with van der Waals surface area (Å²) in [6.07, 6.45) is 5.35. The number of nitrogens with zero attached hydrogens (tertiary/aromatic N) is 3. The molecule has 3 fully saturated rings. The Bertz CT molecular complexity index is 1270. The standard InChI is InChI=1S/C32H39N5O3/c1-22(28-14-13-25(24-7-3-2-4-8-24)20-36(30(28)38)19-23-11-12-23)33-31(39)35-17-15-27(16-18-35)37-21-26-9-5-6-10-29(26)34-32(37)40/h2-10,23,25,27-28H,1,11-21H2,(H,33,39)(H,34,40)/t25-,28+/m1/s1. The number of urea groups is 2. The van der Waals surface area contributed by atoms with Gasteiger partial charge in [-0.15, -0.1) is 0 Å². The third kappa shape index (κ3) is 5.71. The molecule has 2 N–H and O–H groups in total. The fourth-order valence-corrected chi connectivity index (χ4v) is 6.46. The molecule has 3 aliphatic heterocycles. The molecule has 1 saturated carbocycles. The second kappa shape index (κ2) is 11.4. The lowest BCUT2D eigenvalue weighted by molar-refractivity contribution is -0.134. The molecule has 40 heavy (non-hydrogen) atoms. The van der Waals surface area contributed by atoms with Crippen molar-refractivity contribution >= 4 is 23.7 Å². The number of fused-ring (bicyclic) bond motifs is 1. The molecule has 2 atom stereocenters. The summed E-state index contributed by atoms with van der Waals surface area (Å²) in [6.45, 7) is 7.39. The summed E-state index contributed by atoms with van der Waals surface area (Å²) in [5.74, 6) is 0.561. The SMILES string of the molecule is C=C(NC(=O)N1CCC(N2Cc3ccccc3NC2=O)CC1)[C@@H]1CC[C@@H](c2ccccc2)CN(CC2CC2)C1=O. The number of anilines is 1. The first-order valence-electron chi connectivity index (χ1n) is 14.7. The zero-order chi connectivity index (χ0) is 27.6. The molecule has 3 heterocycles. The van der Waals surface area contributed by atoms with Crippen molar-refractivity contribution in [3.05, 3.63) is 78.0 Å². The molecule has 1 aliphatic carbocycles. The van der Waals surface area contributed by atoms with Gasteiger partial charge >= 0.3 is 12.1 Å². The second-order valence-corrected chi connectivity index (χ2v) is 11.8. The van der Waals surface area contributed by atoms with Gasteiger partial charge < -0.3 is 25.3 Å². The van der Waals surface area contributed by atoms with Crippen LogP contribution in [0.3, 0.4) is 0 Å². The van der Waals surface area contributed by atoms with Gasteiger partial charge in [-0.1, -0.05) is 55.1 Å². The van der Waals surface area contributed by atoms with E-state index < -0.39 is 5.92 Å². The van der Waals surface area contributed by atoms with Crippen molar-refractivity contribution in [1.29, 1.82) is 0 Å². The number of amides is 5. The Labute approximate surface area is 236 Å². The highest BCUT2D eigenvalue weighted by Crippen LogP contribution is 2.36. The molecule has 0 bridgehead atoms. The predicted molar refractivity (Wildman–Crippen MR) is 154 cm³/mol. The Kier molecular flexibility index (Phi) is 7.50. The number of likely N-dealkylation sites (tertiary alicyclic amines) is 2. The lowest BCUT2D eigenvalue weighted by atomic mass is 9.91. The van der Waals surface area contributed by atoms with E-state index in [1.807, 2.05) is 40.1 Å². The number of hydrogen-bond donors (Lipinski definition) is 2. The second-order valence-electron chi connectivity index (χ2n) is 11.8. The fraction of sp³-hybridized carbons (Fsp3) is 0.469. The smallest absolute Gasteiger partial charge is 0.322 e. The van der Waals surface area contributed by atoms with Gasteiger partial charge in [0, 0.05) is 56.1 Å². The number of carbonyl (C=O) groups excluding carboxylic acids is 3. The van der Waals surface area contributed by atoms with Gasteiger partial charge in [0.1, 0.15) is 0 Å².